The Morgan fingerprint density at radius 3 is 2.59 bits per heavy atom. The van der Waals surface area contributed by atoms with E-state index in [1.54, 1.807) is 0 Å². The number of aryl methyl sites for hydroxylation is 1. The van der Waals surface area contributed by atoms with Gasteiger partial charge < -0.3 is 4.42 Å². The maximum absolute atomic E-state index is 12.4. The topological polar surface area (TPSA) is 68.0 Å². The molecule has 3 aromatic carbocycles. The normalized spacial score (nSPS) is 10.9. The maximum Gasteiger partial charge on any atom is 0.322 e. The fourth-order valence-electron chi connectivity index (χ4n) is 3.04. The molecule has 27 heavy (non-hydrogen) atoms. The summed E-state index contributed by atoms with van der Waals surface area (Å²) in [5, 5.41) is 12.8. The largest absolute Gasteiger partial charge is 0.407 e. The first kappa shape index (κ1) is 17.0. The Morgan fingerprint density at radius 1 is 0.963 bits per heavy atom. The SMILES string of the molecule is Cc1ccc(Cc2nnc(NC(=O)Cc3cccc4ccccc34)o2)cc1. The van der Waals surface area contributed by atoms with Gasteiger partial charge in [0.25, 0.3) is 0 Å². The van der Waals surface area contributed by atoms with Gasteiger partial charge >= 0.3 is 6.01 Å². The van der Waals surface area contributed by atoms with Crippen LogP contribution in [-0.4, -0.2) is 16.1 Å². The molecule has 4 aromatic rings. The highest BCUT2D eigenvalue weighted by Crippen LogP contribution is 2.19. The van der Waals surface area contributed by atoms with Crippen molar-refractivity contribution in [3.63, 3.8) is 0 Å². The monoisotopic (exact) mass is 357 g/mol. The lowest BCUT2D eigenvalue weighted by Gasteiger charge is -2.05. The number of rotatable bonds is 5. The molecule has 0 radical (unpaired) electrons. The van der Waals surface area contributed by atoms with Crippen LogP contribution in [0.1, 0.15) is 22.6 Å². The molecule has 0 aliphatic rings. The minimum Gasteiger partial charge on any atom is -0.407 e. The van der Waals surface area contributed by atoms with E-state index in [1.165, 1.54) is 5.56 Å². The van der Waals surface area contributed by atoms with Gasteiger partial charge in [-0.05, 0) is 28.8 Å². The van der Waals surface area contributed by atoms with E-state index in [4.69, 9.17) is 4.42 Å². The number of nitrogens with one attached hydrogen (secondary N) is 1. The Morgan fingerprint density at radius 2 is 1.74 bits per heavy atom. The van der Waals surface area contributed by atoms with Crippen molar-refractivity contribution in [2.24, 2.45) is 0 Å². The number of carbonyl (C=O) groups is 1. The van der Waals surface area contributed by atoms with Crippen molar-refractivity contribution >= 4 is 22.7 Å². The number of anilines is 1. The highest BCUT2D eigenvalue weighted by molar-refractivity contribution is 5.95. The number of hydrogen-bond acceptors (Lipinski definition) is 4. The fraction of sp³-hybridized carbons (Fsp3) is 0.136. The number of nitrogens with zero attached hydrogens (tertiary/aromatic N) is 2. The average Bonchev–Trinajstić information content (AvgIpc) is 3.10. The molecule has 1 aromatic heterocycles. The number of amides is 1. The van der Waals surface area contributed by atoms with Gasteiger partial charge in [0, 0.05) is 0 Å². The number of fused-ring (bicyclic) bond motifs is 1. The molecular formula is C22H19N3O2. The van der Waals surface area contributed by atoms with Crippen molar-refractivity contribution in [2.75, 3.05) is 5.32 Å². The van der Waals surface area contributed by atoms with Gasteiger partial charge in [-0.3, -0.25) is 10.1 Å². The Labute approximate surface area is 157 Å². The summed E-state index contributed by atoms with van der Waals surface area (Å²) >= 11 is 0. The number of benzene rings is 3. The molecule has 0 aliphatic heterocycles. The van der Waals surface area contributed by atoms with Gasteiger partial charge in [-0.2, -0.15) is 0 Å². The lowest BCUT2D eigenvalue weighted by Crippen LogP contribution is -2.14. The van der Waals surface area contributed by atoms with Gasteiger partial charge in [0.05, 0.1) is 12.8 Å². The van der Waals surface area contributed by atoms with Gasteiger partial charge in [0.15, 0.2) is 0 Å². The van der Waals surface area contributed by atoms with Crippen LogP contribution in [0.4, 0.5) is 6.01 Å². The molecule has 0 unspecified atom stereocenters. The quantitative estimate of drug-likeness (QED) is 0.578. The highest BCUT2D eigenvalue weighted by atomic mass is 16.4. The van der Waals surface area contributed by atoms with Crippen LogP contribution in [0.5, 0.6) is 0 Å². The predicted molar refractivity (Wildman–Crippen MR) is 105 cm³/mol. The average molecular weight is 357 g/mol. The van der Waals surface area contributed by atoms with E-state index in [1.807, 2.05) is 73.7 Å². The Hall–Kier alpha value is -3.47. The van der Waals surface area contributed by atoms with Crippen LogP contribution in [0, 0.1) is 6.92 Å². The van der Waals surface area contributed by atoms with Crippen molar-refractivity contribution in [3.8, 4) is 0 Å². The van der Waals surface area contributed by atoms with Gasteiger partial charge in [0.2, 0.25) is 11.8 Å². The summed E-state index contributed by atoms with van der Waals surface area (Å²) in [6.07, 6.45) is 0.781. The zero-order valence-corrected chi connectivity index (χ0v) is 15.0. The standard InChI is InChI=1S/C22H19N3O2/c1-15-9-11-16(12-10-15)13-21-24-25-22(27-21)23-20(26)14-18-7-4-6-17-5-2-3-8-19(17)18/h2-12H,13-14H2,1H3,(H,23,25,26). The smallest absolute Gasteiger partial charge is 0.322 e. The molecular weight excluding hydrogens is 338 g/mol. The Bertz CT molecular complexity index is 1080. The third-order valence-corrected chi connectivity index (χ3v) is 4.42. The molecule has 0 saturated heterocycles. The summed E-state index contributed by atoms with van der Waals surface area (Å²) in [6.45, 7) is 2.04. The van der Waals surface area contributed by atoms with E-state index in [0.717, 1.165) is 21.9 Å². The fourth-order valence-corrected chi connectivity index (χ4v) is 3.04. The number of hydrogen-bond donors (Lipinski definition) is 1. The van der Waals surface area contributed by atoms with E-state index in [0.29, 0.717) is 12.3 Å². The second kappa shape index (κ2) is 7.41. The highest BCUT2D eigenvalue weighted by Gasteiger charge is 2.12. The van der Waals surface area contributed by atoms with Crippen LogP contribution in [0.2, 0.25) is 0 Å². The maximum atomic E-state index is 12.4. The van der Waals surface area contributed by atoms with Crippen LogP contribution in [0.3, 0.4) is 0 Å². The number of carbonyl (C=O) groups excluding carboxylic acids is 1. The van der Waals surface area contributed by atoms with Gasteiger partial charge in [-0.15, -0.1) is 5.10 Å². The summed E-state index contributed by atoms with van der Waals surface area (Å²) in [5.41, 5.74) is 3.24. The molecule has 0 spiro atoms. The van der Waals surface area contributed by atoms with Crippen LogP contribution < -0.4 is 5.32 Å². The second-order valence-corrected chi connectivity index (χ2v) is 6.53. The molecule has 0 fully saturated rings. The molecule has 4 rings (SSSR count). The molecule has 5 heteroatoms. The van der Waals surface area contributed by atoms with E-state index >= 15 is 0 Å². The van der Waals surface area contributed by atoms with Crippen LogP contribution in [0.15, 0.2) is 71.1 Å². The zero-order chi connectivity index (χ0) is 18.6. The van der Waals surface area contributed by atoms with Crippen molar-refractivity contribution in [2.45, 2.75) is 19.8 Å². The third-order valence-electron chi connectivity index (χ3n) is 4.42. The van der Waals surface area contributed by atoms with E-state index in [2.05, 4.69) is 15.5 Å². The van der Waals surface area contributed by atoms with Crippen molar-refractivity contribution in [3.05, 3.63) is 89.3 Å². The summed E-state index contributed by atoms with van der Waals surface area (Å²) < 4.78 is 5.56. The predicted octanol–water partition coefficient (Wildman–Crippen LogP) is 4.30. The molecule has 1 N–H and O–H groups in total. The first-order valence-electron chi connectivity index (χ1n) is 8.82. The summed E-state index contributed by atoms with van der Waals surface area (Å²) in [7, 11) is 0. The van der Waals surface area contributed by atoms with Gasteiger partial charge in [-0.25, -0.2) is 0 Å². The lowest BCUT2D eigenvalue weighted by atomic mass is 10.0. The van der Waals surface area contributed by atoms with Crippen LogP contribution >= 0.6 is 0 Å². The van der Waals surface area contributed by atoms with Crippen molar-refractivity contribution in [1.29, 1.82) is 0 Å². The summed E-state index contributed by atoms with van der Waals surface area (Å²) in [4.78, 5) is 12.4. The van der Waals surface area contributed by atoms with Gasteiger partial charge in [-0.1, -0.05) is 77.4 Å². The van der Waals surface area contributed by atoms with Gasteiger partial charge in [0.1, 0.15) is 0 Å². The first-order chi connectivity index (χ1) is 13.2. The third kappa shape index (κ3) is 4.03. The van der Waals surface area contributed by atoms with Crippen LogP contribution in [0.25, 0.3) is 10.8 Å². The van der Waals surface area contributed by atoms with Crippen LogP contribution in [-0.2, 0) is 17.6 Å². The molecule has 134 valence electrons. The molecule has 0 aliphatic carbocycles. The summed E-state index contributed by atoms with van der Waals surface area (Å²) in [6, 6.07) is 22.2. The molecule has 1 amide bonds. The molecule has 0 atom stereocenters. The molecule has 5 nitrogen and oxygen atoms in total. The first-order valence-corrected chi connectivity index (χ1v) is 8.82. The minimum atomic E-state index is -0.183. The van der Waals surface area contributed by atoms with E-state index in [9.17, 15) is 4.79 Å². The molecule has 0 saturated carbocycles. The lowest BCUT2D eigenvalue weighted by molar-refractivity contribution is -0.115. The molecule has 1 heterocycles. The van der Waals surface area contributed by atoms with E-state index in [-0.39, 0.29) is 18.3 Å². The number of aromatic nitrogens is 2. The Kier molecular flexibility index (Phi) is 4.66. The minimum absolute atomic E-state index is 0.127. The molecule has 0 bridgehead atoms. The van der Waals surface area contributed by atoms with E-state index < -0.39 is 0 Å². The zero-order valence-electron chi connectivity index (χ0n) is 15.0. The van der Waals surface area contributed by atoms with Crippen molar-refractivity contribution < 1.29 is 9.21 Å². The van der Waals surface area contributed by atoms with Crippen molar-refractivity contribution in [1.82, 2.24) is 10.2 Å². The Balaban J connectivity index is 1.42. The second-order valence-electron chi connectivity index (χ2n) is 6.53. The summed E-state index contributed by atoms with van der Waals surface area (Å²) in [5.74, 6) is 0.288.